The number of nitrogens with one attached hydrogen (secondary N) is 2. The van der Waals surface area contributed by atoms with Crippen molar-refractivity contribution < 1.29 is 13.2 Å². The lowest BCUT2D eigenvalue weighted by Crippen LogP contribution is -2.53. The van der Waals surface area contributed by atoms with Gasteiger partial charge >= 0.3 is 6.18 Å². The van der Waals surface area contributed by atoms with Crippen molar-refractivity contribution >= 4 is 11.5 Å². The minimum absolute atomic E-state index is 0.0141. The largest absolute Gasteiger partial charge is 0.431 e. The van der Waals surface area contributed by atoms with Crippen LogP contribution in [0.1, 0.15) is 13.3 Å². The minimum Gasteiger partial charge on any atom is -0.382 e. The fraction of sp³-hybridized carbons (Fsp3) is 0.333. The molecule has 2 rings (SSSR count). The lowest BCUT2D eigenvalue weighted by molar-refractivity contribution is -0.0956. The molecule has 0 amide bonds. The Morgan fingerprint density at radius 2 is 2.10 bits per heavy atom. The lowest BCUT2D eigenvalue weighted by atomic mass is 9.86. The second-order valence-corrected chi connectivity index (χ2v) is 4.90. The first-order valence-corrected chi connectivity index (χ1v) is 5.79. The minimum atomic E-state index is -4.47. The number of dihydropyridines is 1. The van der Waals surface area contributed by atoms with Crippen LogP contribution in [0.25, 0.3) is 0 Å². The van der Waals surface area contributed by atoms with E-state index in [2.05, 4.69) is 10.3 Å². The summed E-state index contributed by atoms with van der Waals surface area (Å²) in [7, 11) is 0. The highest BCUT2D eigenvalue weighted by Gasteiger charge is 2.36. The van der Waals surface area contributed by atoms with Crippen LogP contribution in [0, 0.1) is 5.41 Å². The van der Waals surface area contributed by atoms with Crippen molar-refractivity contribution in [1.82, 2.24) is 5.32 Å². The predicted molar refractivity (Wildman–Crippen MR) is 70.0 cm³/mol. The SMILES string of the molecule is CC1(N)C/C(=C2/C=CNC(C(F)(F)F)=C2)N=C(N)C1=N. The maximum Gasteiger partial charge on any atom is 0.431 e. The zero-order chi connectivity index (χ0) is 15.1. The van der Waals surface area contributed by atoms with Gasteiger partial charge in [0.1, 0.15) is 11.5 Å². The number of alkyl halides is 3. The summed E-state index contributed by atoms with van der Waals surface area (Å²) in [5.74, 6) is -0.0716. The number of halogens is 3. The Hall–Kier alpha value is -2.09. The molecule has 1 unspecified atom stereocenters. The molecule has 6 N–H and O–H groups in total. The summed E-state index contributed by atoms with van der Waals surface area (Å²) in [5.41, 5.74) is 10.2. The average Bonchev–Trinajstić information content (AvgIpc) is 2.34. The van der Waals surface area contributed by atoms with Gasteiger partial charge in [0.25, 0.3) is 0 Å². The second-order valence-electron chi connectivity index (χ2n) is 4.90. The Kier molecular flexibility index (Phi) is 3.21. The van der Waals surface area contributed by atoms with E-state index in [4.69, 9.17) is 16.9 Å². The first kappa shape index (κ1) is 14.3. The topological polar surface area (TPSA) is 100 Å². The summed E-state index contributed by atoms with van der Waals surface area (Å²) < 4.78 is 38.0. The van der Waals surface area contributed by atoms with E-state index in [0.29, 0.717) is 5.70 Å². The van der Waals surface area contributed by atoms with Crippen LogP contribution < -0.4 is 16.8 Å². The van der Waals surface area contributed by atoms with Crippen molar-refractivity contribution in [2.75, 3.05) is 0 Å². The summed E-state index contributed by atoms with van der Waals surface area (Å²) in [6, 6.07) is 0. The molecule has 0 bridgehead atoms. The third-order valence-electron chi connectivity index (χ3n) is 3.06. The molecule has 0 aromatic heterocycles. The highest BCUT2D eigenvalue weighted by atomic mass is 19.4. The van der Waals surface area contributed by atoms with Crippen LogP contribution in [0.3, 0.4) is 0 Å². The fourth-order valence-corrected chi connectivity index (χ4v) is 1.95. The molecular formula is C12H14F3N5. The van der Waals surface area contributed by atoms with E-state index in [9.17, 15) is 13.2 Å². The molecule has 0 fully saturated rings. The molecule has 108 valence electrons. The van der Waals surface area contributed by atoms with E-state index in [1.54, 1.807) is 6.92 Å². The van der Waals surface area contributed by atoms with Gasteiger partial charge in [-0.25, -0.2) is 4.99 Å². The highest BCUT2D eigenvalue weighted by molar-refractivity contribution is 6.43. The lowest BCUT2D eigenvalue weighted by Gasteiger charge is -2.30. The monoisotopic (exact) mass is 285 g/mol. The summed E-state index contributed by atoms with van der Waals surface area (Å²) in [4.78, 5) is 3.98. The molecule has 0 aromatic carbocycles. The van der Waals surface area contributed by atoms with Gasteiger partial charge in [-0.1, -0.05) is 0 Å². The molecular weight excluding hydrogens is 271 g/mol. The second kappa shape index (κ2) is 4.48. The molecule has 20 heavy (non-hydrogen) atoms. The van der Waals surface area contributed by atoms with E-state index < -0.39 is 17.4 Å². The molecule has 0 spiro atoms. The van der Waals surface area contributed by atoms with Crippen molar-refractivity contribution in [3.05, 3.63) is 35.3 Å². The van der Waals surface area contributed by atoms with E-state index in [1.807, 2.05) is 0 Å². The highest BCUT2D eigenvalue weighted by Crippen LogP contribution is 2.31. The summed E-state index contributed by atoms with van der Waals surface area (Å²) >= 11 is 0. The molecule has 2 aliphatic heterocycles. The van der Waals surface area contributed by atoms with Crippen LogP contribution in [0.5, 0.6) is 0 Å². The van der Waals surface area contributed by atoms with Crippen molar-refractivity contribution in [3.63, 3.8) is 0 Å². The number of amidine groups is 1. The quantitative estimate of drug-likeness (QED) is 0.539. The van der Waals surface area contributed by atoms with Crippen LogP contribution >= 0.6 is 0 Å². The first-order valence-electron chi connectivity index (χ1n) is 5.79. The molecule has 0 radical (unpaired) electrons. The van der Waals surface area contributed by atoms with Gasteiger partial charge in [0.05, 0.1) is 16.9 Å². The number of hydrogen-bond donors (Lipinski definition) is 4. The number of allylic oxidation sites excluding steroid dienone is 4. The Labute approximate surface area is 113 Å². The van der Waals surface area contributed by atoms with Gasteiger partial charge < -0.3 is 16.8 Å². The van der Waals surface area contributed by atoms with Gasteiger partial charge in [0, 0.05) is 12.6 Å². The molecule has 0 saturated carbocycles. The van der Waals surface area contributed by atoms with Gasteiger partial charge in [-0.3, -0.25) is 5.41 Å². The van der Waals surface area contributed by atoms with E-state index in [-0.39, 0.29) is 23.5 Å². The number of rotatable bonds is 0. The third kappa shape index (κ3) is 2.60. The van der Waals surface area contributed by atoms with Gasteiger partial charge in [-0.15, -0.1) is 0 Å². The predicted octanol–water partition coefficient (Wildman–Crippen LogP) is 1.30. The van der Waals surface area contributed by atoms with Crippen molar-refractivity contribution in [3.8, 4) is 0 Å². The standard InChI is InChI=1S/C12H14F3N5/c1-11(18)5-7(20-10(17)9(11)16)6-2-3-19-8(4-6)12(13,14)15/h2-4,16,19H,5,18H2,1H3,(H2,17,20)/b7-6+,16-9?. The van der Waals surface area contributed by atoms with E-state index in [1.165, 1.54) is 12.3 Å². The third-order valence-corrected chi connectivity index (χ3v) is 3.06. The number of nitrogens with two attached hydrogens (primary N) is 2. The van der Waals surface area contributed by atoms with Crippen LogP contribution in [-0.2, 0) is 0 Å². The molecule has 2 aliphatic rings. The molecule has 8 heteroatoms. The maximum absolute atomic E-state index is 12.7. The zero-order valence-electron chi connectivity index (χ0n) is 10.7. The van der Waals surface area contributed by atoms with Crippen LogP contribution in [0.2, 0.25) is 0 Å². The van der Waals surface area contributed by atoms with Crippen molar-refractivity contribution in [2.45, 2.75) is 25.1 Å². The molecule has 0 saturated heterocycles. The molecule has 0 aromatic rings. The van der Waals surface area contributed by atoms with Crippen molar-refractivity contribution in [1.29, 1.82) is 5.41 Å². The average molecular weight is 285 g/mol. The Morgan fingerprint density at radius 1 is 1.45 bits per heavy atom. The summed E-state index contributed by atoms with van der Waals surface area (Å²) in [6.07, 6.45) is -0.721. The Balaban J connectivity index is 2.48. The smallest absolute Gasteiger partial charge is 0.382 e. The maximum atomic E-state index is 12.7. The number of nitrogens with zero attached hydrogens (tertiary/aromatic N) is 1. The molecule has 1 atom stereocenters. The van der Waals surface area contributed by atoms with E-state index >= 15 is 0 Å². The number of aliphatic imine (C=N–C) groups is 1. The molecule has 5 nitrogen and oxygen atoms in total. The zero-order valence-corrected chi connectivity index (χ0v) is 10.7. The summed E-state index contributed by atoms with van der Waals surface area (Å²) in [6.45, 7) is 1.59. The fourth-order valence-electron chi connectivity index (χ4n) is 1.95. The van der Waals surface area contributed by atoms with Gasteiger partial charge in [0.2, 0.25) is 0 Å². The van der Waals surface area contributed by atoms with E-state index in [0.717, 1.165) is 6.08 Å². The first-order chi connectivity index (χ1) is 9.11. The van der Waals surface area contributed by atoms with Crippen LogP contribution in [-0.4, -0.2) is 23.3 Å². The van der Waals surface area contributed by atoms with Gasteiger partial charge in [-0.2, -0.15) is 13.2 Å². The van der Waals surface area contributed by atoms with Crippen LogP contribution in [0.4, 0.5) is 13.2 Å². The normalized spacial score (nSPS) is 30.8. The molecule has 0 aliphatic carbocycles. The number of hydrogen-bond acceptors (Lipinski definition) is 5. The summed E-state index contributed by atoms with van der Waals surface area (Å²) in [5, 5.41) is 9.85. The van der Waals surface area contributed by atoms with Crippen LogP contribution in [0.15, 0.2) is 40.3 Å². The Bertz CT molecular complexity index is 578. The Morgan fingerprint density at radius 3 is 2.65 bits per heavy atom. The van der Waals surface area contributed by atoms with Gasteiger partial charge in [-0.05, 0) is 24.6 Å². The van der Waals surface area contributed by atoms with Gasteiger partial charge in [0.15, 0.2) is 0 Å². The van der Waals surface area contributed by atoms with Crippen molar-refractivity contribution in [2.24, 2.45) is 16.5 Å². The molecule has 2 heterocycles.